The van der Waals surface area contributed by atoms with Crippen molar-refractivity contribution in [2.45, 2.75) is 0 Å². The lowest BCUT2D eigenvalue weighted by atomic mass is 10.3. The van der Waals surface area contributed by atoms with Crippen LogP contribution in [0.1, 0.15) is 0 Å². The smallest absolute Gasteiger partial charge is 0.296 e. The number of nitrogens with zero attached hydrogens (tertiary/aromatic N) is 2. The van der Waals surface area contributed by atoms with Crippen LogP contribution in [-0.2, 0) is 0 Å². The topological polar surface area (TPSA) is 86.9 Å². The van der Waals surface area contributed by atoms with Crippen molar-refractivity contribution < 1.29 is 0 Å². The maximum absolute atomic E-state index is 11.8. The number of para-hydroxylation sites is 1. The predicted molar refractivity (Wildman–Crippen MR) is 63.7 cm³/mol. The van der Waals surface area contributed by atoms with Crippen molar-refractivity contribution in [2.75, 3.05) is 11.5 Å². The van der Waals surface area contributed by atoms with Crippen molar-refractivity contribution in [2.24, 2.45) is 0 Å². The van der Waals surface area contributed by atoms with Gasteiger partial charge in [0.05, 0.1) is 22.6 Å². The van der Waals surface area contributed by atoms with Gasteiger partial charge in [0.15, 0.2) is 0 Å². The van der Waals surface area contributed by atoms with Crippen LogP contribution in [0, 0.1) is 0 Å². The second-order valence-electron chi connectivity index (χ2n) is 3.18. The lowest BCUT2D eigenvalue weighted by Crippen LogP contribution is -2.25. The maximum atomic E-state index is 11.8. The standard InChI is InChI=1S/C10H9ClN4O/c11-6-3-1-2-4-8(6)15-10(16)9(13)7(12)5-14-15/h1-5H,12-13H2. The van der Waals surface area contributed by atoms with E-state index in [1.54, 1.807) is 24.3 Å². The van der Waals surface area contributed by atoms with Crippen LogP contribution in [0.2, 0.25) is 5.02 Å². The Kier molecular flexibility index (Phi) is 2.54. The Morgan fingerprint density at radius 3 is 2.62 bits per heavy atom. The Morgan fingerprint density at radius 2 is 1.94 bits per heavy atom. The molecule has 0 aliphatic heterocycles. The van der Waals surface area contributed by atoms with E-state index in [0.717, 1.165) is 4.68 Å². The van der Waals surface area contributed by atoms with Gasteiger partial charge in [-0.2, -0.15) is 9.78 Å². The Hall–Kier alpha value is -2.01. The van der Waals surface area contributed by atoms with Crippen molar-refractivity contribution in [3.8, 4) is 5.69 Å². The molecule has 1 aromatic heterocycles. The fourth-order valence-corrected chi connectivity index (χ4v) is 1.49. The van der Waals surface area contributed by atoms with Crippen LogP contribution in [-0.4, -0.2) is 9.78 Å². The van der Waals surface area contributed by atoms with E-state index in [9.17, 15) is 4.79 Å². The SMILES string of the molecule is Nc1cnn(-c2ccccc2Cl)c(=O)c1N. The summed E-state index contributed by atoms with van der Waals surface area (Å²) in [4.78, 5) is 11.8. The van der Waals surface area contributed by atoms with Gasteiger partial charge in [0.1, 0.15) is 5.69 Å². The highest BCUT2D eigenvalue weighted by atomic mass is 35.5. The van der Waals surface area contributed by atoms with Crippen molar-refractivity contribution in [3.63, 3.8) is 0 Å². The summed E-state index contributed by atoms with van der Waals surface area (Å²) in [7, 11) is 0. The number of anilines is 2. The van der Waals surface area contributed by atoms with E-state index in [1.807, 2.05) is 0 Å². The van der Waals surface area contributed by atoms with Gasteiger partial charge in [-0.1, -0.05) is 23.7 Å². The molecule has 1 aromatic carbocycles. The molecule has 0 unspecified atom stereocenters. The van der Waals surface area contributed by atoms with Crippen molar-refractivity contribution >= 4 is 23.0 Å². The molecule has 0 aliphatic carbocycles. The third kappa shape index (κ3) is 1.61. The minimum Gasteiger partial charge on any atom is -0.396 e. The summed E-state index contributed by atoms with van der Waals surface area (Å²) in [6.07, 6.45) is 1.32. The summed E-state index contributed by atoms with van der Waals surface area (Å²) < 4.78 is 1.12. The van der Waals surface area contributed by atoms with Gasteiger partial charge >= 0.3 is 0 Å². The van der Waals surface area contributed by atoms with E-state index >= 15 is 0 Å². The summed E-state index contributed by atoms with van der Waals surface area (Å²) in [5.41, 5.74) is 11.1. The Morgan fingerprint density at radius 1 is 1.25 bits per heavy atom. The lowest BCUT2D eigenvalue weighted by molar-refractivity contribution is 0.813. The average Bonchev–Trinajstić information content (AvgIpc) is 2.28. The quantitative estimate of drug-likeness (QED) is 0.775. The largest absolute Gasteiger partial charge is 0.396 e. The highest BCUT2D eigenvalue weighted by molar-refractivity contribution is 6.32. The molecule has 6 heteroatoms. The number of hydrogen-bond donors (Lipinski definition) is 2. The number of hydrogen-bond acceptors (Lipinski definition) is 4. The van der Waals surface area contributed by atoms with E-state index in [4.69, 9.17) is 23.1 Å². The van der Waals surface area contributed by atoms with E-state index in [-0.39, 0.29) is 11.4 Å². The summed E-state index contributed by atoms with van der Waals surface area (Å²) in [5, 5.41) is 4.30. The lowest BCUT2D eigenvalue weighted by Gasteiger charge is -2.07. The predicted octanol–water partition coefficient (Wildman–Crippen LogP) is 1.05. The molecular formula is C10H9ClN4O. The minimum absolute atomic E-state index is 0.0325. The van der Waals surface area contributed by atoms with Gasteiger partial charge in [0, 0.05) is 0 Å². The third-order valence-electron chi connectivity index (χ3n) is 2.13. The zero-order valence-electron chi connectivity index (χ0n) is 8.22. The Labute approximate surface area is 96.3 Å². The molecule has 0 saturated carbocycles. The molecule has 4 N–H and O–H groups in total. The molecule has 0 saturated heterocycles. The molecule has 2 rings (SSSR count). The molecule has 5 nitrogen and oxygen atoms in total. The molecule has 0 fully saturated rings. The average molecular weight is 237 g/mol. The summed E-state index contributed by atoms with van der Waals surface area (Å²) in [6.45, 7) is 0. The van der Waals surface area contributed by atoms with E-state index < -0.39 is 5.56 Å². The van der Waals surface area contributed by atoms with Gasteiger partial charge in [-0.05, 0) is 12.1 Å². The van der Waals surface area contributed by atoms with E-state index in [0.29, 0.717) is 10.7 Å². The molecule has 0 atom stereocenters. The van der Waals surface area contributed by atoms with Crippen molar-refractivity contribution in [1.82, 2.24) is 9.78 Å². The third-order valence-corrected chi connectivity index (χ3v) is 2.45. The number of aromatic nitrogens is 2. The van der Waals surface area contributed by atoms with Crippen LogP contribution >= 0.6 is 11.6 Å². The highest BCUT2D eigenvalue weighted by Gasteiger charge is 2.09. The van der Waals surface area contributed by atoms with E-state index in [2.05, 4.69) is 5.10 Å². The molecule has 0 aliphatic rings. The number of nitrogen functional groups attached to an aromatic ring is 2. The first-order valence-electron chi connectivity index (χ1n) is 4.49. The number of rotatable bonds is 1. The van der Waals surface area contributed by atoms with Gasteiger partial charge in [0.2, 0.25) is 0 Å². The zero-order valence-corrected chi connectivity index (χ0v) is 8.98. The van der Waals surface area contributed by atoms with Crippen molar-refractivity contribution in [1.29, 1.82) is 0 Å². The van der Waals surface area contributed by atoms with Crippen LogP contribution in [0.3, 0.4) is 0 Å². The van der Waals surface area contributed by atoms with Crippen LogP contribution in [0.5, 0.6) is 0 Å². The van der Waals surface area contributed by atoms with Gasteiger partial charge in [-0.15, -0.1) is 0 Å². The molecule has 0 radical (unpaired) electrons. The normalized spacial score (nSPS) is 10.3. The second-order valence-corrected chi connectivity index (χ2v) is 3.59. The van der Waals surface area contributed by atoms with Crippen LogP contribution in [0.15, 0.2) is 35.3 Å². The summed E-state index contributed by atoms with van der Waals surface area (Å²) in [5.74, 6) is 0. The molecule has 16 heavy (non-hydrogen) atoms. The minimum atomic E-state index is -0.479. The Bertz CT molecular complexity index is 594. The van der Waals surface area contributed by atoms with Gasteiger partial charge in [-0.3, -0.25) is 4.79 Å². The van der Waals surface area contributed by atoms with E-state index in [1.165, 1.54) is 6.20 Å². The first-order valence-corrected chi connectivity index (χ1v) is 4.87. The first-order chi connectivity index (χ1) is 7.61. The fourth-order valence-electron chi connectivity index (χ4n) is 1.27. The number of halogens is 1. The summed E-state index contributed by atoms with van der Waals surface area (Å²) in [6, 6.07) is 6.85. The molecule has 0 amide bonds. The molecular weight excluding hydrogens is 228 g/mol. The van der Waals surface area contributed by atoms with Crippen molar-refractivity contribution in [3.05, 3.63) is 45.8 Å². The monoisotopic (exact) mass is 236 g/mol. The van der Waals surface area contributed by atoms with Crippen LogP contribution in [0.4, 0.5) is 11.4 Å². The second kappa shape index (κ2) is 3.86. The van der Waals surface area contributed by atoms with Crippen LogP contribution in [0.25, 0.3) is 5.69 Å². The number of nitrogens with two attached hydrogens (primary N) is 2. The van der Waals surface area contributed by atoms with Gasteiger partial charge < -0.3 is 11.5 Å². The van der Waals surface area contributed by atoms with Gasteiger partial charge in [0.25, 0.3) is 5.56 Å². The zero-order chi connectivity index (χ0) is 11.7. The maximum Gasteiger partial charge on any atom is 0.296 e. The number of benzene rings is 1. The van der Waals surface area contributed by atoms with Gasteiger partial charge in [-0.25, -0.2) is 0 Å². The molecule has 82 valence electrons. The highest BCUT2D eigenvalue weighted by Crippen LogP contribution is 2.18. The molecule has 0 bridgehead atoms. The van der Waals surface area contributed by atoms with Crippen LogP contribution < -0.4 is 17.0 Å². The summed E-state index contributed by atoms with van der Waals surface area (Å²) >= 11 is 5.95. The first kappa shape index (κ1) is 10.5. The fraction of sp³-hybridized carbons (Fsp3) is 0. The Balaban J connectivity index is 2.72. The molecule has 2 aromatic rings. The molecule has 0 spiro atoms. The molecule has 1 heterocycles.